The molecule has 0 spiro atoms. The minimum atomic E-state index is 0.360. The standard InChI is InChI=1S/C18H22O2/c1-4-5-6-15-11-14(7-8-17(15)19)16-9-12(2)18(20)13(3)10-16/h7-11,19-20H,4-6H2,1-3H3. The second-order valence-electron chi connectivity index (χ2n) is 5.41. The van der Waals surface area contributed by atoms with Gasteiger partial charge in [0.25, 0.3) is 0 Å². The van der Waals surface area contributed by atoms with Crippen molar-refractivity contribution >= 4 is 0 Å². The van der Waals surface area contributed by atoms with Crippen molar-refractivity contribution in [3.8, 4) is 22.6 Å². The Morgan fingerprint density at radius 1 is 0.900 bits per heavy atom. The van der Waals surface area contributed by atoms with E-state index in [4.69, 9.17) is 0 Å². The molecule has 0 aliphatic rings. The van der Waals surface area contributed by atoms with Crippen molar-refractivity contribution in [3.63, 3.8) is 0 Å². The summed E-state index contributed by atoms with van der Waals surface area (Å²) >= 11 is 0. The molecule has 0 unspecified atom stereocenters. The number of aromatic hydroxyl groups is 2. The molecule has 2 aromatic carbocycles. The lowest BCUT2D eigenvalue weighted by Gasteiger charge is -2.11. The molecule has 0 amide bonds. The van der Waals surface area contributed by atoms with E-state index in [0.29, 0.717) is 11.5 Å². The van der Waals surface area contributed by atoms with Crippen LogP contribution in [0.15, 0.2) is 30.3 Å². The van der Waals surface area contributed by atoms with Gasteiger partial charge < -0.3 is 10.2 Å². The number of phenolic OH excluding ortho intramolecular Hbond substituents is 2. The SMILES string of the molecule is CCCCc1cc(-c2cc(C)c(O)c(C)c2)ccc1O. The Bertz CT molecular complexity index is 592. The maximum Gasteiger partial charge on any atom is 0.121 e. The van der Waals surface area contributed by atoms with Crippen molar-refractivity contribution in [2.24, 2.45) is 0 Å². The molecule has 2 heteroatoms. The van der Waals surface area contributed by atoms with Crippen LogP contribution in [0.2, 0.25) is 0 Å². The van der Waals surface area contributed by atoms with Gasteiger partial charge in [0.2, 0.25) is 0 Å². The van der Waals surface area contributed by atoms with E-state index in [2.05, 4.69) is 13.0 Å². The second kappa shape index (κ2) is 6.00. The number of aryl methyl sites for hydroxylation is 3. The highest BCUT2D eigenvalue weighted by Gasteiger charge is 2.08. The molecule has 0 aromatic heterocycles. The summed E-state index contributed by atoms with van der Waals surface area (Å²) < 4.78 is 0. The largest absolute Gasteiger partial charge is 0.508 e. The molecule has 0 aliphatic heterocycles. The second-order valence-corrected chi connectivity index (χ2v) is 5.41. The average molecular weight is 270 g/mol. The number of rotatable bonds is 4. The fraction of sp³-hybridized carbons (Fsp3) is 0.333. The monoisotopic (exact) mass is 270 g/mol. The summed E-state index contributed by atoms with van der Waals surface area (Å²) in [5.41, 5.74) is 4.91. The van der Waals surface area contributed by atoms with Crippen LogP contribution >= 0.6 is 0 Å². The molecular weight excluding hydrogens is 248 g/mol. The van der Waals surface area contributed by atoms with Crippen LogP contribution < -0.4 is 0 Å². The highest BCUT2D eigenvalue weighted by molar-refractivity contribution is 5.68. The molecule has 0 heterocycles. The van der Waals surface area contributed by atoms with Gasteiger partial charge in [0.1, 0.15) is 11.5 Å². The first-order valence-corrected chi connectivity index (χ1v) is 7.15. The summed E-state index contributed by atoms with van der Waals surface area (Å²) in [6, 6.07) is 9.71. The third-order valence-electron chi connectivity index (χ3n) is 3.70. The molecule has 0 atom stereocenters. The van der Waals surface area contributed by atoms with E-state index in [1.165, 1.54) is 0 Å². The Morgan fingerprint density at radius 3 is 2.15 bits per heavy atom. The highest BCUT2D eigenvalue weighted by Crippen LogP contribution is 2.31. The Hall–Kier alpha value is -1.96. The van der Waals surface area contributed by atoms with Crippen LogP contribution in [0.5, 0.6) is 11.5 Å². The van der Waals surface area contributed by atoms with Gasteiger partial charge >= 0.3 is 0 Å². The van der Waals surface area contributed by atoms with E-state index < -0.39 is 0 Å². The fourth-order valence-electron chi connectivity index (χ4n) is 2.46. The Morgan fingerprint density at radius 2 is 1.55 bits per heavy atom. The third kappa shape index (κ3) is 2.96. The molecule has 0 saturated carbocycles. The van der Waals surface area contributed by atoms with Crippen LogP contribution in [-0.2, 0) is 6.42 Å². The zero-order valence-corrected chi connectivity index (χ0v) is 12.4. The quantitative estimate of drug-likeness (QED) is 0.843. The van der Waals surface area contributed by atoms with Gasteiger partial charge in [0.15, 0.2) is 0 Å². The number of benzene rings is 2. The molecule has 106 valence electrons. The summed E-state index contributed by atoms with van der Waals surface area (Å²) in [5, 5.41) is 19.8. The van der Waals surface area contributed by atoms with E-state index in [1.54, 1.807) is 6.07 Å². The lowest BCUT2D eigenvalue weighted by atomic mass is 9.96. The first kappa shape index (κ1) is 14.4. The third-order valence-corrected chi connectivity index (χ3v) is 3.70. The van der Waals surface area contributed by atoms with Crippen molar-refractivity contribution in [1.29, 1.82) is 0 Å². The molecule has 2 nitrogen and oxygen atoms in total. The van der Waals surface area contributed by atoms with Crippen molar-refractivity contribution in [2.45, 2.75) is 40.0 Å². The van der Waals surface area contributed by atoms with Gasteiger partial charge in [-0.25, -0.2) is 0 Å². The first-order valence-electron chi connectivity index (χ1n) is 7.15. The molecule has 2 rings (SSSR count). The van der Waals surface area contributed by atoms with Gasteiger partial charge in [0.05, 0.1) is 0 Å². The number of unbranched alkanes of at least 4 members (excludes halogenated alkanes) is 1. The van der Waals surface area contributed by atoms with Gasteiger partial charge in [0, 0.05) is 0 Å². The molecule has 0 fully saturated rings. The fourth-order valence-corrected chi connectivity index (χ4v) is 2.46. The normalized spacial score (nSPS) is 10.8. The zero-order valence-electron chi connectivity index (χ0n) is 12.4. The lowest BCUT2D eigenvalue weighted by Crippen LogP contribution is -1.89. The summed E-state index contributed by atoms with van der Waals surface area (Å²) in [4.78, 5) is 0. The van der Waals surface area contributed by atoms with Gasteiger partial charge in [-0.1, -0.05) is 19.4 Å². The molecule has 0 radical (unpaired) electrons. The Balaban J connectivity index is 2.42. The van der Waals surface area contributed by atoms with E-state index >= 15 is 0 Å². The first-order chi connectivity index (χ1) is 9.52. The van der Waals surface area contributed by atoms with Crippen molar-refractivity contribution in [3.05, 3.63) is 47.0 Å². The molecule has 2 aromatic rings. The Labute approximate surface area is 120 Å². The predicted octanol–water partition coefficient (Wildman–Crippen LogP) is 4.72. The molecule has 0 aliphatic carbocycles. The van der Waals surface area contributed by atoms with E-state index in [0.717, 1.165) is 47.1 Å². The molecule has 2 N–H and O–H groups in total. The van der Waals surface area contributed by atoms with E-state index in [1.807, 2.05) is 32.0 Å². The number of phenols is 2. The van der Waals surface area contributed by atoms with Crippen molar-refractivity contribution in [2.75, 3.05) is 0 Å². The van der Waals surface area contributed by atoms with Gasteiger partial charge in [-0.05, 0) is 78.8 Å². The van der Waals surface area contributed by atoms with Crippen molar-refractivity contribution in [1.82, 2.24) is 0 Å². The minimum Gasteiger partial charge on any atom is -0.508 e. The summed E-state index contributed by atoms with van der Waals surface area (Å²) in [6.07, 6.45) is 3.08. The number of hydrogen-bond acceptors (Lipinski definition) is 2. The molecule has 0 bridgehead atoms. The summed E-state index contributed by atoms with van der Waals surface area (Å²) in [5.74, 6) is 0.730. The molecule has 20 heavy (non-hydrogen) atoms. The maximum atomic E-state index is 9.92. The van der Waals surface area contributed by atoms with Gasteiger partial charge in [-0.15, -0.1) is 0 Å². The van der Waals surface area contributed by atoms with E-state index in [-0.39, 0.29) is 0 Å². The van der Waals surface area contributed by atoms with Gasteiger partial charge in [-0.3, -0.25) is 0 Å². The van der Waals surface area contributed by atoms with E-state index in [9.17, 15) is 10.2 Å². The topological polar surface area (TPSA) is 40.5 Å². The number of hydrogen-bond donors (Lipinski definition) is 2. The van der Waals surface area contributed by atoms with Crippen LogP contribution in [0.3, 0.4) is 0 Å². The minimum absolute atomic E-state index is 0.360. The average Bonchev–Trinajstić information content (AvgIpc) is 2.43. The highest BCUT2D eigenvalue weighted by atomic mass is 16.3. The smallest absolute Gasteiger partial charge is 0.121 e. The van der Waals surface area contributed by atoms with Crippen LogP contribution in [0, 0.1) is 13.8 Å². The molecule has 0 saturated heterocycles. The van der Waals surface area contributed by atoms with Gasteiger partial charge in [-0.2, -0.15) is 0 Å². The van der Waals surface area contributed by atoms with Crippen LogP contribution in [0.25, 0.3) is 11.1 Å². The maximum absolute atomic E-state index is 9.92. The van der Waals surface area contributed by atoms with Crippen LogP contribution in [0.1, 0.15) is 36.5 Å². The summed E-state index contributed by atoms with van der Waals surface area (Å²) in [6.45, 7) is 5.96. The predicted molar refractivity (Wildman–Crippen MR) is 83.3 cm³/mol. The lowest BCUT2D eigenvalue weighted by molar-refractivity contribution is 0.466. The molecular formula is C18H22O2. The Kier molecular flexibility index (Phi) is 4.33. The van der Waals surface area contributed by atoms with Crippen LogP contribution in [-0.4, -0.2) is 10.2 Å². The zero-order chi connectivity index (χ0) is 14.7. The van der Waals surface area contributed by atoms with Crippen LogP contribution in [0.4, 0.5) is 0 Å². The van der Waals surface area contributed by atoms with Crippen molar-refractivity contribution < 1.29 is 10.2 Å². The summed E-state index contributed by atoms with van der Waals surface area (Å²) in [7, 11) is 0.